The number of hydrogen-bond donors (Lipinski definition) is 0. The molecule has 0 spiro atoms. The van der Waals surface area contributed by atoms with Gasteiger partial charge in [0.25, 0.3) is 0 Å². The van der Waals surface area contributed by atoms with E-state index < -0.39 is 11.2 Å². The first-order chi connectivity index (χ1) is 10.8. The van der Waals surface area contributed by atoms with E-state index in [4.69, 9.17) is 0 Å². The Hall–Kier alpha value is -1.11. The summed E-state index contributed by atoms with van der Waals surface area (Å²) >= 11 is 2.53. The van der Waals surface area contributed by atoms with Crippen LogP contribution in [0.5, 0.6) is 0 Å². The standard InChI is InChI=1S/C17H22BrN3OS/c1-6-21(15-8-7-13(11(2)3)10-14(15)18)17-19-12(4)9-16(20-17)23(5)22/h7-11H,6H2,1-5H3. The molecule has 0 N–H and O–H groups in total. The van der Waals surface area contributed by atoms with Crippen molar-refractivity contribution in [2.75, 3.05) is 17.7 Å². The van der Waals surface area contributed by atoms with Crippen molar-refractivity contribution in [2.24, 2.45) is 0 Å². The van der Waals surface area contributed by atoms with Gasteiger partial charge in [-0.15, -0.1) is 0 Å². The Morgan fingerprint density at radius 3 is 2.48 bits per heavy atom. The minimum absolute atomic E-state index is 0.472. The molecule has 0 aliphatic heterocycles. The number of halogens is 1. The molecule has 1 aromatic heterocycles. The fraction of sp³-hybridized carbons (Fsp3) is 0.412. The molecule has 0 aliphatic carbocycles. The number of benzene rings is 1. The molecule has 124 valence electrons. The summed E-state index contributed by atoms with van der Waals surface area (Å²) in [5.74, 6) is 1.05. The van der Waals surface area contributed by atoms with Gasteiger partial charge >= 0.3 is 0 Å². The van der Waals surface area contributed by atoms with E-state index in [1.165, 1.54) is 5.56 Å². The Morgan fingerprint density at radius 2 is 1.96 bits per heavy atom. The van der Waals surface area contributed by atoms with E-state index in [1.807, 2.05) is 11.8 Å². The number of aryl methyl sites for hydroxylation is 1. The quantitative estimate of drug-likeness (QED) is 0.549. The predicted octanol–water partition coefficient (Wildman–Crippen LogP) is 4.57. The Kier molecular flexibility index (Phi) is 6.06. The van der Waals surface area contributed by atoms with Crippen LogP contribution in [-0.4, -0.2) is 27.3 Å². The summed E-state index contributed by atoms with van der Waals surface area (Å²) in [4.78, 5) is 11.0. The average Bonchev–Trinajstić information content (AvgIpc) is 2.48. The van der Waals surface area contributed by atoms with Crippen molar-refractivity contribution in [3.05, 3.63) is 40.0 Å². The molecule has 1 atom stereocenters. The van der Waals surface area contributed by atoms with Crippen molar-refractivity contribution < 1.29 is 4.55 Å². The summed E-state index contributed by atoms with van der Waals surface area (Å²) in [6.45, 7) is 9.01. The molecule has 1 aromatic carbocycles. The van der Waals surface area contributed by atoms with Crippen LogP contribution in [0.25, 0.3) is 0 Å². The maximum Gasteiger partial charge on any atom is 0.249 e. The molecule has 4 nitrogen and oxygen atoms in total. The monoisotopic (exact) mass is 395 g/mol. The smallest absolute Gasteiger partial charge is 0.249 e. The predicted molar refractivity (Wildman–Crippen MR) is 100 cm³/mol. The van der Waals surface area contributed by atoms with Crippen molar-refractivity contribution in [3.8, 4) is 0 Å². The van der Waals surface area contributed by atoms with E-state index >= 15 is 0 Å². The second-order valence-corrected chi connectivity index (χ2v) is 7.89. The molecule has 2 aromatic rings. The molecule has 1 heterocycles. The van der Waals surface area contributed by atoms with Crippen LogP contribution in [0.4, 0.5) is 11.6 Å². The lowest BCUT2D eigenvalue weighted by molar-refractivity contribution is 0.596. The van der Waals surface area contributed by atoms with E-state index in [0.29, 0.717) is 16.9 Å². The Labute approximate surface area is 149 Å². The first kappa shape index (κ1) is 18.2. The second-order valence-electron chi connectivity index (χ2n) is 5.71. The molecule has 1 unspecified atom stereocenters. The molecule has 6 heteroatoms. The maximum absolute atomic E-state index is 11.8. The Balaban J connectivity index is 2.48. The number of hydrogen-bond acceptors (Lipinski definition) is 4. The van der Waals surface area contributed by atoms with Crippen molar-refractivity contribution in [3.63, 3.8) is 0 Å². The highest BCUT2D eigenvalue weighted by Crippen LogP contribution is 2.33. The SMILES string of the molecule is CCN(c1nc(C)cc([S+](C)[O-])n1)c1ccc(C(C)C)cc1Br. The molecule has 0 saturated heterocycles. The molecule has 2 rings (SSSR count). The Bertz CT molecular complexity index is 692. The fourth-order valence-electron chi connectivity index (χ4n) is 2.31. The van der Waals surface area contributed by atoms with Crippen LogP contribution in [0.1, 0.15) is 37.9 Å². The molecule has 0 aliphatic rings. The lowest BCUT2D eigenvalue weighted by atomic mass is 10.0. The zero-order valence-corrected chi connectivity index (χ0v) is 16.5. The number of nitrogens with zero attached hydrogens (tertiary/aromatic N) is 3. The van der Waals surface area contributed by atoms with Crippen LogP contribution in [-0.2, 0) is 11.2 Å². The van der Waals surface area contributed by atoms with Gasteiger partial charge in [-0.05, 0) is 53.4 Å². The topological polar surface area (TPSA) is 52.1 Å². The molecule has 23 heavy (non-hydrogen) atoms. The van der Waals surface area contributed by atoms with Crippen LogP contribution >= 0.6 is 15.9 Å². The van der Waals surface area contributed by atoms with Gasteiger partial charge in [0.1, 0.15) is 6.26 Å². The third-order valence-corrected chi connectivity index (χ3v) is 5.03. The molecule has 0 radical (unpaired) electrons. The normalized spacial score (nSPS) is 12.5. The lowest BCUT2D eigenvalue weighted by Crippen LogP contribution is -2.21. The van der Waals surface area contributed by atoms with E-state index in [0.717, 1.165) is 22.4 Å². The van der Waals surface area contributed by atoms with Gasteiger partial charge in [0.15, 0.2) is 0 Å². The van der Waals surface area contributed by atoms with Gasteiger partial charge in [0.2, 0.25) is 11.0 Å². The number of aromatic nitrogens is 2. The second kappa shape index (κ2) is 7.64. The molecule has 0 fully saturated rings. The van der Waals surface area contributed by atoms with Crippen molar-refractivity contribution >= 4 is 38.7 Å². The van der Waals surface area contributed by atoms with Crippen LogP contribution in [0, 0.1) is 6.92 Å². The third kappa shape index (κ3) is 4.25. The van der Waals surface area contributed by atoms with Crippen molar-refractivity contribution in [1.82, 2.24) is 9.97 Å². The van der Waals surface area contributed by atoms with Crippen molar-refractivity contribution in [1.29, 1.82) is 0 Å². The van der Waals surface area contributed by atoms with Gasteiger partial charge in [0, 0.05) is 34.0 Å². The largest absolute Gasteiger partial charge is 0.610 e. The van der Waals surface area contributed by atoms with Crippen molar-refractivity contribution in [2.45, 2.75) is 38.6 Å². The highest BCUT2D eigenvalue weighted by molar-refractivity contribution is 9.10. The van der Waals surface area contributed by atoms with Gasteiger partial charge < -0.3 is 9.45 Å². The summed E-state index contributed by atoms with van der Waals surface area (Å²) in [6, 6.07) is 8.11. The van der Waals surface area contributed by atoms with Crippen LogP contribution < -0.4 is 4.90 Å². The van der Waals surface area contributed by atoms with Crippen LogP contribution in [0.15, 0.2) is 33.8 Å². The van der Waals surface area contributed by atoms with E-state index in [2.05, 4.69) is 64.9 Å². The number of rotatable bonds is 5. The number of anilines is 2. The van der Waals surface area contributed by atoms with Gasteiger partial charge in [0.05, 0.1) is 5.69 Å². The van der Waals surface area contributed by atoms with Gasteiger partial charge in [-0.25, -0.2) is 4.98 Å². The van der Waals surface area contributed by atoms with E-state index in [9.17, 15) is 4.55 Å². The Morgan fingerprint density at radius 1 is 1.26 bits per heavy atom. The first-order valence-corrected chi connectivity index (χ1v) is 9.94. The third-order valence-electron chi connectivity index (χ3n) is 3.60. The van der Waals surface area contributed by atoms with Crippen LogP contribution in [0.2, 0.25) is 0 Å². The van der Waals surface area contributed by atoms with Gasteiger partial charge in [-0.2, -0.15) is 4.98 Å². The summed E-state index contributed by atoms with van der Waals surface area (Å²) in [5, 5.41) is 0.556. The average molecular weight is 396 g/mol. The zero-order chi connectivity index (χ0) is 17.1. The minimum atomic E-state index is -1.13. The molecule has 0 amide bonds. The van der Waals surface area contributed by atoms with E-state index in [1.54, 1.807) is 12.3 Å². The summed E-state index contributed by atoms with van der Waals surface area (Å²) < 4.78 is 12.8. The van der Waals surface area contributed by atoms with Crippen LogP contribution in [0.3, 0.4) is 0 Å². The highest BCUT2D eigenvalue weighted by Gasteiger charge is 2.18. The molecule has 0 bridgehead atoms. The minimum Gasteiger partial charge on any atom is -0.610 e. The van der Waals surface area contributed by atoms with Gasteiger partial charge in [-0.3, -0.25) is 0 Å². The molecule has 0 saturated carbocycles. The summed E-state index contributed by atoms with van der Waals surface area (Å²) in [7, 11) is 0. The zero-order valence-electron chi connectivity index (χ0n) is 14.1. The molecular weight excluding hydrogens is 374 g/mol. The highest BCUT2D eigenvalue weighted by atomic mass is 79.9. The maximum atomic E-state index is 11.8. The summed E-state index contributed by atoms with van der Waals surface area (Å²) in [6.07, 6.45) is 1.63. The first-order valence-electron chi connectivity index (χ1n) is 7.59. The molecular formula is C17H22BrN3OS. The van der Waals surface area contributed by atoms with Gasteiger partial charge in [-0.1, -0.05) is 19.9 Å². The fourth-order valence-corrected chi connectivity index (χ4v) is 3.47. The van der Waals surface area contributed by atoms with E-state index in [-0.39, 0.29) is 0 Å². The lowest BCUT2D eigenvalue weighted by Gasteiger charge is -2.23. The summed E-state index contributed by atoms with van der Waals surface area (Å²) in [5.41, 5.74) is 3.10.